The van der Waals surface area contributed by atoms with Crippen molar-refractivity contribution in [2.75, 3.05) is 0 Å². The Kier molecular flexibility index (Phi) is 5.56. The van der Waals surface area contributed by atoms with Gasteiger partial charge in [-0.2, -0.15) is 0 Å². The Labute approximate surface area is 142 Å². The fourth-order valence-corrected chi connectivity index (χ4v) is 2.93. The van der Waals surface area contributed by atoms with E-state index in [4.69, 9.17) is 3.07 Å². The van der Waals surface area contributed by atoms with Gasteiger partial charge in [0.1, 0.15) is 23.0 Å². The van der Waals surface area contributed by atoms with E-state index in [1.54, 1.807) is 0 Å². The molecule has 6 nitrogen and oxygen atoms in total. The molecule has 1 rings (SSSR count). The number of hydrogen-bond donors (Lipinski definition) is 5. The Morgan fingerprint density at radius 2 is 1.59 bits per heavy atom. The average molecular weight is 422 g/mol. The minimum Gasteiger partial charge on any atom is -0.358 e. The molecule has 0 saturated carbocycles. The van der Waals surface area contributed by atoms with Gasteiger partial charge in [-0.15, -0.1) is 0 Å². The maximum absolute atomic E-state index is 10.9. The van der Waals surface area contributed by atoms with Gasteiger partial charge >= 0.3 is 0 Å². The van der Waals surface area contributed by atoms with Crippen LogP contribution in [0.2, 0.25) is 0 Å². The van der Waals surface area contributed by atoms with E-state index in [-0.39, 0.29) is 22.3 Å². The highest BCUT2D eigenvalue weighted by Gasteiger charge is 2.59. The van der Waals surface area contributed by atoms with E-state index >= 15 is 0 Å². The molecule has 0 aromatic carbocycles. The minimum absolute atomic E-state index is 0.0778. The molecule has 0 amide bonds. The Bertz CT molecular complexity index is 585. The third-order valence-electron chi connectivity index (χ3n) is 3.70. The Morgan fingerprint density at radius 3 is 1.95 bits per heavy atom. The normalized spacial score (nSPS) is 31.3. The van der Waals surface area contributed by atoms with E-state index in [2.05, 4.69) is 13.2 Å². The number of rotatable bonds is 3. The summed E-state index contributed by atoms with van der Waals surface area (Å²) in [5.41, 5.74) is -0.880. The van der Waals surface area contributed by atoms with Crippen molar-refractivity contribution in [2.45, 2.75) is 31.2 Å². The fraction of sp³-hybridized carbons (Fsp3) is 0.333. The van der Waals surface area contributed by atoms with Gasteiger partial charge in [-0.3, -0.25) is 3.07 Å². The van der Waals surface area contributed by atoms with Gasteiger partial charge in [0.2, 0.25) is 11.6 Å². The van der Waals surface area contributed by atoms with Crippen molar-refractivity contribution in [1.82, 2.24) is 0 Å². The number of aliphatic hydroxyl groups is 5. The quantitative estimate of drug-likeness (QED) is 0.343. The van der Waals surface area contributed by atoms with Crippen molar-refractivity contribution in [3.63, 3.8) is 0 Å². The molecular formula is C15H19IO6. The Balaban J connectivity index is 4.01. The van der Waals surface area contributed by atoms with Gasteiger partial charge in [0.05, 0.1) is 0 Å². The van der Waals surface area contributed by atoms with Crippen LogP contribution in [0.5, 0.6) is 0 Å². The molecule has 0 radical (unpaired) electrons. The molecule has 7 heteroatoms. The van der Waals surface area contributed by atoms with Crippen LogP contribution >= 0.6 is 23.0 Å². The molecule has 22 heavy (non-hydrogen) atoms. The molecule has 1 atom stereocenters. The number of hydrogen-bond acceptors (Lipinski definition) is 6. The van der Waals surface area contributed by atoms with E-state index in [0.29, 0.717) is 0 Å². The van der Waals surface area contributed by atoms with Crippen LogP contribution in [0.3, 0.4) is 0 Å². The van der Waals surface area contributed by atoms with Crippen LogP contribution in [-0.4, -0.2) is 42.9 Å². The molecule has 122 valence electrons. The molecule has 0 saturated heterocycles. The average Bonchev–Trinajstić information content (AvgIpc) is 2.49. The van der Waals surface area contributed by atoms with Crippen LogP contribution in [0, 0.1) is 0 Å². The summed E-state index contributed by atoms with van der Waals surface area (Å²) in [7, 11) is 0. The van der Waals surface area contributed by atoms with E-state index in [1.807, 2.05) is 0 Å². The maximum Gasteiger partial charge on any atom is 0.250 e. The van der Waals surface area contributed by atoms with Crippen LogP contribution in [0.25, 0.3) is 0 Å². The molecule has 0 fully saturated rings. The number of halogens is 1. The van der Waals surface area contributed by atoms with E-state index < -0.39 is 17.4 Å². The third kappa shape index (κ3) is 2.52. The van der Waals surface area contributed by atoms with Crippen LogP contribution in [0.1, 0.15) is 13.8 Å². The summed E-state index contributed by atoms with van der Waals surface area (Å²) >= 11 is 1.44. The highest BCUT2D eigenvalue weighted by Crippen LogP contribution is 2.48. The monoisotopic (exact) mass is 422 g/mol. The SMILES string of the molecule is C=CC=C1/C(=C\C)C(O)(OI)C(C=C)=C(C)C(O)(O)C1(O)O. The van der Waals surface area contributed by atoms with Crippen molar-refractivity contribution in [1.29, 1.82) is 0 Å². The molecule has 0 bridgehead atoms. The Morgan fingerprint density at radius 1 is 1.05 bits per heavy atom. The second-order valence-corrected chi connectivity index (χ2v) is 5.27. The van der Waals surface area contributed by atoms with Gasteiger partial charge in [-0.1, -0.05) is 37.5 Å². The van der Waals surface area contributed by atoms with Crippen LogP contribution in [-0.2, 0) is 3.07 Å². The van der Waals surface area contributed by atoms with Crippen molar-refractivity contribution in [3.05, 3.63) is 59.8 Å². The molecule has 1 aliphatic carbocycles. The predicted molar refractivity (Wildman–Crippen MR) is 89.3 cm³/mol. The molecule has 0 aromatic rings. The summed E-state index contributed by atoms with van der Waals surface area (Å²) in [5.74, 6) is -8.35. The summed E-state index contributed by atoms with van der Waals surface area (Å²) in [5, 5.41) is 52.1. The van der Waals surface area contributed by atoms with Gasteiger partial charge in [0.25, 0.3) is 5.79 Å². The van der Waals surface area contributed by atoms with Crippen LogP contribution < -0.4 is 0 Å². The van der Waals surface area contributed by atoms with Gasteiger partial charge in [-0.25, -0.2) is 0 Å². The first-order valence-electron chi connectivity index (χ1n) is 6.32. The van der Waals surface area contributed by atoms with E-state index in [1.165, 1.54) is 49.0 Å². The molecule has 0 heterocycles. The first-order chi connectivity index (χ1) is 10.1. The summed E-state index contributed by atoms with van der Waals surface area (Å²) in [4.78, 5) is 0. The highest BCUT2D eigenvalue weighted by molar-refractivity contribution is 14.1. The standard InChI is InChI=1S/C15H19IO6/c1-5-8-12-11(7-3)13(17,22-16)10(6-2)9(4)14(18,19)15(12,20)21/h5-8,17-21H,1-2H2,3-4H3/b11-7+,12-8?. The van der Waals surface area contributed by atoms with E-state index in [0.717, 1.165) is 12.2 Å². The molecule has 1 aliphatic rings. The lowest BCUT2D eigenvalue weighted by Gasteiger charge is -2.36. The molecule has 5 N–H and O–H groups in total. The second-order valence-electron chi connectivity index (χ2n) is 4.83. The minimum atomic E-state index is -3.11. The fourth-order valence-electron chi connectivity index (χ4n) is 2.46. The molecule has 1 unspecified atom stereocenters. The topological polar surface area (TPSA) is 110 Å². The summed E-state index contributed by atoms with van der Waals surface area (Å²) in [6.45, 7) is 9.73. The highest BCUT2D eigenvalue weighted by atomic mass is 127. The lowest BCUT2D eigenvalue weighted by atomic mass is 9.88. The third-order valence-corrected chi connectivity index (χ3v) is 4.34. The summed E-state index contributed by atoms with van der Waals surface area (Å²) in [6, 6.07) is 0. The summed E-state index contributed by atoms with van der Waals surface area (Å²) in [6.07, 6.45) is 4.90. The van der Waals surface area contributed by atoms with Crippen molar-refractivity contribution < 1.29 is 28.6 Å². The molecule has 0 aromatic heterocycles. The zero-order valence-electron chi connectivity index (χ0n) is 12.2. The van der Waals surface area contributed by atoms with Crippen molar-refractivity contribution in [3.8, 4) is 0 Å². The first kappa shape index (κ1) is 19.2. The van der Waals surface area contributed by atoms with Crippen molar-refractivity contribution >= 4 is 23.0 Å². The lowest BCUT2D eigenvalue weighted by Crippen LogP contribution is -2.56. The first-order valence-corrected chi connectivity index (χ1v) is 7.20. The van der Waals surface area contributed by atoms with Gasteiger partial charge in [0.15, 0.2) is 0 Å². The zero-order chi connectivity index (χ0) is 17.3. The number of allylic oxidation sites excluding steroid dienone is 3. The second kappa shape index (κ2) is 6.36. The van der Waals surface area contributed by atoms with Gasteiger partial charge in [-0.05, 0) is 13.8 Å². The van der Waals surface area contributed by atoms with Crippen LogP contribution in [0.15, 0.2) is 59.8 Å². The molecule has 0 aliphatic heterocycles. The summed E-state index contributed by atoms with van der Waals surface area (Å²) < 4.78 is 5.11. The lowest BCUT2D eigenvalue weighted by molar-refractivity contribution is -0.317. The Hall–Kier alpha value is -0.810. The smallest absolute Gasteiger partial charge is 0.250 e. The van der Waals surface area contributed by atoms with Gasteiger partial charge in [0, 0.05) is 22.3 Å². The maximum atomic E-state index is 10.9. The molecule has 0 spiro atoms. The zero-order valence-corrected chi connectivity index (χ0v) is 14.4. The van der Waals surface area contributed by atoms with Crippen LogP contribution in [0.4, 0.5) is 0 Å². The predicted octanol–water partition coefficient (Wildman–Crippen LogP) is 0.978. The van der Waals surface area contributed by atoms with Gasteiger partial charge < -0.3 is 25.5 Å². The largest absolute Gasteiger partial charge is 0.358 e. The molecular weight excluding hydrogens is 403 g/mol. The van der Waals surface area contributed by atoms with Crippen molar-refractivity contribution in [2.24, 2.45) is 0 Å². The van der Waals surface area contributed by atoms with E-state index in [9.17, 15) is 25.5 Å².